The molecular weight excluding hydrogens is 817 g/mol. The molecule has 2 aromatic carbocycles. The van der Waals surface area contributed by atoms with Crippen LogP contribution in [-0.4, -0.2) is 80.7 Å². The normalized spacial score (nSPS) is 16.7. The zero-order chi connectivity index (χ0) is 37.7. The maximum atomic E-state index is 14.4. The van der Waals surface area contributed by atoms with Crippen molar-refractivity contribution in [1.82, 2.24) is 0 Å². The van der Waals surface area contributed by atoms with E-state index in [1.165, 1.54) is 24.3 Å². The van der Waals surface area contributed by atoms with Gasteiger partial charge in [-0.3, -0.25) is 0 Å². The lowest BCUT2D eigenvalue weighted by molar-refractivity contribution is -0.288. The highest BCUT2D eigenvalue weighted by Crippen LogP contribution is 2.56. The predicted molar refractivity (Wildman–Crippen MR) is 164 cm³/mol. The van der Waals surface area contributed by atoms with Gasteiger partial charge in [0.1, 0.15) is 0 Å². The Bertz CT molecular complexity index is 1570. The van der Waals surface area contributed by atoms with Gasteiger partial charge in [0.25, 0.3) is 8.39 Å². The van der Waals surface area contributed by atoms with Crippen LogP contribution in [0.2, 0.25) is 0 Å². The fourth-order valence-electron chi connectivity index (χ4n) is 3.89. The Kier molecular flexibility index (Phi) is 14.5. The van der Waals surface area contributed by atoms with Crippen molar-refractivity contribution in [3.8, 4) is 0 Å². The molecular formula is C25H20F12O6S6. The zero-order valence-corrected chi connectivity index (χ0v) is 28.7. The fourth-order valence-corrected chi connectivity index (χ4v) is 9.03. The first-order chi connectivity index (χ1) is 22.1. The largest absolute Gasteiger partial charge is 0.741 e. The summed E-state index contributed by atoms with van der Waals surface area (Å²) < 4.78 is 206. The molecule has 0 spiro atoms. The van der Waals surface area contributed by atoms with E-state index in [0.29, 0.717) is 11.1 Å². The molecule has 24 heteroatoms. The van der Waals surface area contributed by atoms with Gasteiger partial charge in [-0.15, -0.1) is 0 Å². The summed E-state index contributed by atoms with van der Waals surface area (Å²) in [7, 11) is -12.2. The Balaban J connectivity index is 0.000000432. The zero-order valence-electron chi connectivity index (χ0n) is 23.8. The maximum Gasteiger partial charge on any atom is 0.485 e. The Morgan fingerprint density at radius 2 is 0.796 bits per heavy atom. The molecule has 0 N–H and O–H groups in total. The average molecular weight is 837 g/mol. The van der Waals surface area contributed by atoms with Gasteiger partial charge in [0.05, 0.1) is 0 Å². The summed E-state index contributed by atoms with van der Waals surface area (Å²) in [6.07, 6.45) is -9.10. The van der Waals surface area contributed by atoms with E-state index >= 15 is 0 Å². The topological polar surface area (TPSA) is 114 Å². The third-order valence-electron chi connectivity index (χ3n) is 6.03. The highest BCUT2D eigenvalue weighted by atomic mass is 32.2. The van der Waals surface area contributed by atoms with Crippen LogP contribution in [0.5, 0.6) is 0 Å². The van der Waals surface area contributed by atoms with Gasteiger partial charge in [-0.1, -0.05) is 47.8 Å². The first-order valence-electron chi connectivity index (χ1n) is 12.8. The summed E-state index contributed by atoms with van der Waals surface area (Å²) in [5.41, 5.74) is -15.7. The number of hydrogen-bond acceptors (Lipinski definition) is 8. The summed E-state index contributed by atoms with van der Waals surface area (Å²) in [4.78, 5) is 0. The smallest absolute Gasteiger partial charge is 0.485 e. The van der Waals surface area contributed by atoms with Crippen LogP contribution in [0.3, 0.4) is 0 Å². The van der Waals surface area contributed by atoms with Crippen molar-refractivity contribution in [1.29, 1.82) is 0 Å². The van der Waals surface area contributed by atoms with Crippen molar-refractivity contribution in [3.63, 3.8) is 0 Å². The molecule has 0 fully saturated rings. The molecule has 276 valence electrons. The molecule has 0 bridgehead atoms. The summed E-state index contributed by atoms with van der Waals surface area (Å²) >= 11 is 6.32. The Morgan fingerprint density at radius 3 is 0.980 bits per heavy atom. The van der Waals surface area contributed by atoms with Gasteiger partial charge in [-0.2, -0.15) is 52.7 Å². The molecule has 0 saturated heterocycles. The number of rotatable bonds is 4. The van der Waals surface area contributed by atoms with Crippen LogP contribution in [0.15, 0.2) is 48.5 Å². The van der Waals surface area contributed by atoms with Crippen LogP contribution in [0.4, 0.5) is 52.7 Å². The van der Waals surface area contributed by atoms with Gasteiger partial charge >= 0.3 is 23.4 Å². The molecule has 0 aromatic heterocycles. The average Bonchev–Trinajstić information content (AvgIpc) is 2.96. The highest BCUT2D eigenvalue weighted by molar-refractivity contribution is 8.23. The highest BCUT2D eigenvalue weighted by Gasteiger charge is 2.72. The second-order valence-electron chi connectivity index (χ2n) is 9.38. The summed E-state index contributed by atoms with van der Waals surface area (Å²) in [6, 6.07) is 9.43. The molecule has 0 aliphatic carbocycles. The number of alkyl halides is 12. The van der Waals surface area contributed by atoms with Gasteiger partial charge in [0.2, 0.25) is 5.41 Å². The lowest BCUT2D eigenvalue weighted by Gasteiger charge is -2.38. The van der Waals surface area contributed by atoms with E-state index in [-0.39, 0.29) is 0 Å². The van der Waals surface area contributed by atoms with E-state index in [2.05, 4.69) is 0 Å². The van der Waals surface area contributed by atoms with Crippen LogP contribution in [0.25, 0.3) is 0 Å². The van der Waals surface area contributed by atoms with Crippen LogP contribution in [-0.2, 0) is 48.4 Å². The molecule has 2 aliphatic rings. The third-order valence-corrected chi connectivity index (χ3v) is 12.5. The Morgan fingerprint density at radius 1 is 0.531 bits per heavy atom. The lowest BCUT2D eigenvalue weighted by atomic mass is 9.72. The predicted octanol–water partition coefficient (Wildman–Crippen LogP) is 6.60. The van der Waals surface area contributed by atoms with Gasteiger partial charge in [-0.05, 0) is 35.4 Å². The van der Waals surface area contributed by atoms with Gasteiger partial charge in [0.15, 0.2) is 54.4 Å². The molecule has 49 heavy (non-hydrogen) atoms. The van der Waals surface area contributed by atoms with Crippen molar-refractivity contribution < 1.29 is 78.6 Å². The minimum atomic E-state index is -6.09. The molecule has 0 amide bonds. The number of halogens is 12. The van der Waals surface area contributed by atoms with Crippen LogP contribution in [0, 0.1) is 0 Å². The second-order valence-corrected chi connectivity index (χ2v) is 17.1. The number of benzene rings is 2. The molecule has 0 saturated carbocycles. The quantitative estimate of drug-likeness (QED) is 0.112. The standard InChI is InChI=1S/C23H20F6S4.2CHF3O3S/c24-22(25,26)21(23(27,28)29,17-7-3-15(4-8-17)19-30-11-1-12-31-19)18-9-5-16(6-10-18)20-32-13-2-14-33-20;2*2-1(3,4)8(5,6)7/h3-10H,1-2,11-14H2;2*(H,5,6,7)/q+2;;/p-2. The van der Waals surface area contributed by atoms with Crippen molar-refractivity contribution >= 4 is 74.9 Å². The monoisotopic (exact) mass is 836 g/mol. The van der Waals surface area contributed by atoms with Gasteiger partial charge < -0.3 is 9.11 Å². The van der Waals surface area contributed by atoms with E-state index < -0.39 is 60.1 Å². The van der Waals surface area contributed by atoms with Gasteiger partial charge in [-0.25, -0.2) is 16.8 Å². The lowest BCUT2D eigenvalue weighted by Crippen LogP contribution is -2.54. The fraction of sp³-hybridized carbons (Fsp3) is 0.440. The first-order valence-corrected chi connectivity index (χ1v) is 19.5. The van der Waals surface area contributed by atoms with E-state index in [4.69, 9.17) is 25.9 Å². The minimum absolute atomic E-state index is 0.657. The number of thioether (sulfide) groups is 2. The SMILES string of the molecule is FC(F)(F)C(c1ccc(C2=[S+]CCCS2)cc1)(c1ccc(C2=[S+]CCCS2)cc1)C(F)(F)F.O=S(=O)([O-])C(F)(F)F.O=S(=O)([O-])C(F)(F)F. The third kappa shape index (κ3) is 11.1. The summed E-state index contributed by atoms with van der Waals surface area (Å²) in [6.45, 7) is 0. The van der Waals surface area contributed by atoms with Crippen LogP contribution >= 0.6 is 23.5 Å². The molecule has 0 atom stereocenters. The maximum absolute atomic E-state index is 14.4. The molecule has 0 unspecified atom stereocenters. The number of hydrogen-bond donors (Lipinski definition) is 0. The molecule has 4 rings (SSSR count). The van der Waals surface area contributed by atoms with Crippen molar-refractivity contribution in [2.75, 3.05) is 23.0 Å². The van der Waals surface area contributed by atoms with Crippen LogP contribution in [0.1, 0.15) is 35.1 Å². The minimum Gasteiger partial charge on any atom is -0.741 e. The molecule has 2 heterocycles. The van der Waals surface area contributed by atoms with Gasteiger partial charge in [0, 0.05) is 35.5 Å². The molecule has 2 aliphatic heterocycles. The van der Waals surface area contributed by atoms with E-state index in [0.717, 1.165) is 68.5 Å². The molecule has 0 radical (unpaired) electrons. The Hall–Kier alpha value is -1.70. The van der Waals surface area contributed by atoms with Crippen molar-refractivity contribution in [3.05, 3.63) is 70.8 Å². The first kappa shape index (κ1) is 43.5. The summed E-state index contributed by atoms with van der Waals surface area (Å²) in [5.74, 6) is 3.56. The van der Waals surface area contributed by atoms with E-state index in [1.807, 2.05) is 0 Å². The van der Waals surface area contributed by atoms with Crippen molar-refractivity contribution in [2.45, 2.75) is 41.6 Å². The van der Waals surface area contributed by atoms with Crippen molar-refractivity contribution in [2.24, 2.45) is 0 Å². The summed E-state index contributed by atoms with van der Waals surface area (Å²) in [5, 5.41) is 0. The molecule has 6 nitrogen and oxygen atoms in total. The Labute approximate surface area is 287 Å². The van der Waals surface area contributed by atoms with E-state index in [1.54, 1.807) is 46.2 Å². The second kappa shape index (κ2) is 16.3. The van der Waals surface area contributed by atoms with Crippen LogP contribution < -0.4 is 0 Å². The molecule has 2 aromatic rings. The van der Waals surface area contributed by atoms with E-state index in [9.17, 15) is 52.7 Å².